The first-order valence-corrected chi connectivity index (χ1v) is 20.0. The molecule has 2 aromatic carbocycles. The van der Waals surface area contributed by atoms with E-state index in [2.05, 4.69) is 6.08 Å². The van der Waals surface area contributed by atoms with Gasteiger partial charge in [0.2, 0.25) is 23.6 Å². The molecule has 1 N–H and O–H groups in total. The maximum absolute atomic E-state index is 15.2. The number of hydrogen-bond donors (Lipinski definition) is 1. The highest BCUT2D eigenvalue weighted by atomic mass is 35.5. The highest BCUT2D eigenvalue weighted by molar-refractivity contribution is 7.22. The van der Waals surface area contributed by atoms with E-state index < -0.39 is 29.1 Å². The summed E-state index contributed by atoms with van der Waals surface area (Å²) < 4.78 is 2.68. The fraction of sp³-hybridized carbons (Fsp3) is 0.452. The zero-order valence-electron chi connectivity index (χ0n) is 30.6. The molecule has 4 heterocycles. The number of phenolic OH excluding ortho intramolecular Hbond substituents is 1. The Morgan fingerprint density at radius 2 is 1.64 bits per heavy atom. The van der Waals surface area contributed by atoms with Crippen molar-refractivity contribution in [3.8, 4) is 16.3 Å². The zero-order chi connectivity index (χ0) is 37.2. The molecule has 0 radical (unpaired) electrons. The number of nitrogens with zero attached hydrogens (tertiary/aromatic N) is 4. The molecule has 5 aliphatic rings. The van der Waals surface area contributed by atoms with E-state index in [1.54, 1.807) is 28.0 Å². The van der Waals surface area contributed by atoms with E-state index >= 15 is 4.79 Å². The summed E-state index contributed by atoms with van der Waals surface area (Å²) in [6.07, 6.45) is 7.62. The second-order valence-electron chi connectivity index (χ2n) is 16.2. The third kappa shape index (κ3) is 4.83. The number of aromatic hydroxyl groups is 1. The number of phenols is 1. The van der Waals surface area contributed by atoms with Crippen molar-refractivity contribution in [1.29, 1.82) is 0 Å². The number of imide groups is 2. The average Bonchev–Trinajstić information content (AvgIpc) is 3.80. The summed E-state index contributed by atoms with van der Waals surface area (Å²) in [5, 5.41) is 17.3. The Balaban J connectivity index is 1.15. The van der Waals surface area contributed by atoms with Crippen LogP contribution >= 0.6 is 22.9 Å². The van der Waals surface area contributed by atoms with Crippen molar-refractivity contribution in [2.75, 3.05) is 4.90 Å². The number of halogens is 1. The van der Waals surface area contributed by atoms with Crippen molar-refractivity contribution in [2.45, 2.75) is 84.6 Å². The fourth-order valence-electron chi connectivity index (χ4n) is 10.7. The molecule has 9 nitrogen and oxygen atoms in total. The van der Waals surface area contributed by atoms with Gasteiger partial charge in [0.1, 0.15) is 17.3 Å². The molecule has 6 atom stereocenters. The first kappa shape index (κ1) is 34.5. The quantitative estimate of drug-likeness (QED) is 0.167. The maximum Gasteiger partial charge on any atom is 0.242 e. The Morgan fingerprint density at radius 1 is 0.925 bits per heavy atom. The van der Waals surface area contributed by atoms with E-state index in [0.717, 1.165) is 63.8 Å². The molecule has 2 saturated carbocycles. The lowest BCUT2D eigenvalue weighted by Crippen LogP contribution is -2.49. The monoisotopic (exact) mass is 750 g/mol. The molecule has 0 spiro atoms. The van der Waals surface area contributed by atoms with Crippen molar-refractivity contribution in [2.24, 2.45) is 36.1 Å². The number of benzene rings is 2. The predicted octanol–water partition coefficient (Wildman–Crippen LogP) is 8.15. The number of aryl methyl sites for hydroxylation is 4. The summed E-state index contributed by atoms with van der Waals surface area (Å²) in [5.41, 5.74) is 3.64. The molecule has 4 fully saturated rings. The van der Waals surface area contributed by atoms with Crippen LogP contribution in [-0.2, 0) is 26.2 Å². The first-order chi connectivity index (χ1) is 25.3. The van der Waals surface area contributed by atoms with Gasteiger partial charge in [-0.25, -0.2) is 4.90 Å². The van der Waals surface area contributed by atoms with Crippen LogP contribution < -0.4 is 4.90 Å². The summed E-state index contributed by atoms with van der Waals surface area (Å²) in [4.78, 5) is 62.4. The summed E-state index contributed by atoms with van der Waals surface area (Å²) in [6.45, 7) is 7.61. The molecule has 2 saturated heterocycles. The smallest absolute Gasteiger partial charge is 0.242 e. The second-order valence-corrected chi connectivity index (χ2v) is 17.7. The Morgan fingerprint density at radius 3 is 2.36 bits per heavy atom. The highest BCUT2D eigenvalue weighted by Crippen LogP contribution is 2.64. The number of carbonyl (C=O) groups is 4. The third-order valence-corrected chi connectivity index (χ3v) is 14.8. The van der Waals surface area contributed by atoms with Gasteiger partial charge in [0.05, 0.1) is 28.0 Å². The number of hydrogen-bond acceptors (Lipinski definition) is 7. The highest BCUT2D eigenvalue weighted by Gasteiger charge is 2.68. The standard InChI is InChI=1S/C42H43ClN4O5S/c1-20-15-23(16-21(2)36(20)48)35-26-12-13-27-34(40(51)46(38(27)49)25-9-7-6-8-10-25)29(26)18-30-39(50)47(41(52)42(30,35)4)33-19-31(44-45(33)5)37-22(3)28-17-24(43)11-14-32(28)53-37/h11-12,14-17,19,25,27,29-30,34-35,48H,6-10,13,18H2,1-5H3. The first-order valence-electron chi connectivity index (χ1n) is 18.8. The number of carbonyl (C=O) groups excluding carboxylic acids is 4. The van der Waals surface area contributed by atoms with E-state index in [0.29, 0.717) is 40.5 Å². The lowest BCUT2D eigenvalue weighted by atomic mass is 9.51. The van der Waals surface area contributed by atoms with Gasteiger partial charge in [-0.15, -0.1) is 11.3 Å². The minimum absolute atomic E-state index is 0.0735. The molecule has 3 aliphatic carbocycles. The number of allylic oxidation sites excluding steroid dienone is 2. The molecule has 53 heavy (non-hydrogen) atoms. The number of rotatable bonds is 4. The molecule has 4 aromatic rings. The van der Waals surface area contributed by atoms with Crippen LogP contribution in [0.3, 0.4) is 0 Å². The summed E-state index contributed by atoms with van der Waals surface area (Å²) in [7, 11) is 1.75. The van der Waals surface area contributed by atoms with E-state index in [4.69, 9.17) is 16.7 Å². The largest absolute Gasteiger partial charge is 0.507 e. The molecule has 4 amide bonds. The van der Waals surface area contributed by atoms with Crippen molar-refractivity contribution < 1.29 is 24.3 Å². The van der Waals surface area contributed by atoms with Crippen LogP contribution in [0.5, 0.6) is 5.75 Å². The molecule has 0 bridgehead atoms. The van der Waals surface area contributed by atoms with Crippen LogP contribution in [0, 0.1) is 49.9 Å². The number of thiophene rings is 1. The van der Waals surface area contributed by atoms with E-state index in [-0.39, 0.29) is 41.3 Å². The van der Waals surface area contributed by atoms with Gasteiger partial charge >= 0.3 is 0 Å². The number of anilines is 1. The third-order valence-electron chi connectivity index (χ3n) is 13.3. The predicted molar refractivity (Wildman–Crippen MR) is 205 cm³/mol. The lowest BCUT2D eigenvalue weighted by Gasteiger charge is -2.49. The normalized spacial score (nSPS) is 28.9. The molecule has 274 valence electrons. The number of fused-ring (bicyclic) bond motifs is 5. The van der Waals surface area contributed by atoms with Gasteiger partial charge in [0.25, 0.3) is 0 Å². The van der Waals surface area contributed by atoms with Gasteiger partial charge in [-0.3, -0.25) is 28.8 Å². The maximum atomic E-state index is 15.2. The van der Waals surface area contributed by atoms with Crippen molar-refractivity contribution >= 4 is 62.5 Å². The summed E-state index contributed by atoms with van der Waals surface area (Å²) in [6, 6.07) is 11.4. The van der Waals surface area contributed by atoms with Gasteiger partial charge < -0.3 is 5.11 Å². The minimum atomic E-state index is -1.19. The van der Waals surface area contributed by atoms with Gasteiger partial charge in [0, 0.05) is 34.8 Å². The molecular weight excluding hydrogens is 708 g/mol. The van der Waals surface area contributed by atoms with E-state index in [1.807, 2.05) is 64.1 Å². The Labute approximate surface area is 317 Å². The number of aromatic nitrogens is 2. The van der Waals surface area contributed by atoms with Crippen LogP contribution in [0.4, 0.5) is 5.82 Å². The Bertz CT molecular complexity index is 2300. The molecule has 2 aromatic heterocycles. The van der Waals surface area contributed by atoms with Crippen LogP contribution in [-0.4, -0.2) is 49.5 Å². The Hall–Kier alpha value is -4.28. The van der Waals surface area contributed by atoms with Gasteiger partial charge in [-0.1, -0.05) is 54.6 Å². The van der Waals surface area contributed by atoms with Gasteiger partial charge in [-0.05, 0) is 105 Å². The molecular formula is C42H43ClN4O5S. The van der Waals surface area contributed by atoms with Crippen LogP contribution in [0.25, 0.3) is 20.7 Å². The van der Waals surface area contributed by atoms with Crippen LogP contribution in [0.15, 0.2) is 48.0 Å². The average molecular weight is 751 g/mol. The van der Waals surface area contributed by atoms with E-state index in [9.17, 15) is 19.5 Å². The fourth-order valence-corrected chi connectivity index (χ4v) is 12.0. The molecule has 2 aliphatic heterocycles. The van der Waals surface area contributed by atoms with Crippen LogP contribution in [0.2, 0.25) is 5.02 Å². The van der Waals surface area contributed by atoms with Crippen molar-refractivity contribution in [3.63, 3.8) is 0 Å². The summed E-state index contributed by atoms with van der Waals surface area (Å²) in [5.74, 6) is -2.93. The van der Waals surface area contributed by atoms with E-state index in [1.165, 1.54) is 4.90 Å². The van der Waals surface area contributed by atoms with Gasteiger partial charge in [0.15, 0.2) is 0 Å². The summed E-state index contributed by atoms with van der Waals surface area (Å²) >= 11 is 7.92. The SMILES string of the molecule is Cc1cc(C2C3=CCC4C(=O)N(C5CCCCC5)C(=O)C4C3CC3C(=O)N(c4cc(-c5sc6ccc(Cl)cc6c5C)nn4C)C(=O)C32C)cc(C)c1O. The molecule has 9 rings (SSSR count). The Kier molecular flexibility index (Phi) is 7.88. The van der Waals surface area contributed by atoms with Gasteiger partial charge in [-0.2, -0.15) is 5.10 Å². The van der Waals surface area contributed by atoms with Crippen molar-refractivity contribution in [1.82, 2.24) is 14.7 Å². The minimum Gasteiger partial charge on any atom is -0.507 e. The number of likely N-dealkylation sites (tertiary alicyclic amines) is 1. The topological polar surface area (TPSA) is 113 Å². The number of amides is 4. The lowest BCUT2D eigenvalue weighted by molar-refractivity contribution is -0.144. The zero-order valence-corrected chi connectivity index (χ0v) is 32.2. The second kappa shape index (κ2) is 12.1. The molecule has 6 unspecified atom stereocenters. The van der Waals surface area contributed by atoms with Crippen LogP contribution in [0.1, 0.15) is 80.0 Å². The molecule has 11 heteroatoms. The van der Waals surface area contributed by atoms with Crippen molar-refractivity contribution in [3.05, 3.63) is 75.3 Å².